The number of rotatable bonds is 2. The van der Waals surface area contributed by atoms with E-state index in [9.17, 15) is 0 Å². The smallest absolute Gasteiger partial charge is 0.174 e. The minimum atomic E-state index is 0.790. The summed E-state index contributed by atoms with van der Waals surface area (Å²) in [5.74, 6) is 0.822. The van der Waals surface area contributed by atoms with Gasteiger partial charge in [-0.3, -0.25) is 0 Å². The molecule has 0 spiro atoms. The molecule has 0 atom stereocenters. The van der Waals surface area contributed by atoms with Crippen LogP contribution in [0.2, 0.25) is 0 Å². The second kappa shape index (κ2) is 4.20. The van der Waals surface area contributed by atoms with E-state index in [1.807, 2.05) is 26.0 Å². The lowest BCUT2D eigenvalue weighted by Crippen LogP contribution is -1.86. The maximum absolute atomic E-state index is 5.77. The molecule has 3 nitrogen and oxygen atoms in total. The molecule has 0 unspecified atom stereocenters. The number of hydrogen-bond acceptors (Lipinski definition) is 5. The highest BCUT2D eigenvalue weighted by molar-refractivity contribution is 8.01. The summed E-state index contributed by atoms with van der Waals surface area (Å²) >= 11 is 3.02. The highest BCUT2D eigenvalue weighted by Crippen LogP contribution is 2.30. The Labute approximate surface area is 96.9 Å². The van der Waals surface area contributed by atoms with Crippen LogP contribution in [0.15, 0.2) is 27.4 Å². The number of anilines is 1. The fourth-order valence-electron chi connectivity index (χ4n) is 1.26. The Hall–Kier alpha value is -1.07. The van der Waals surface area contributed by atoms with Crippen LogP contribution in [0.25, 0.3) is 0 Å². The molecule has 0 radical (unpaired) electrons. The lowest BCUT2D eigenvalue weighted by Gasteiger charge is -2.01. The van der Waals surface area contributed by atoms with Gasteiger partial charge in [-0.05, 0) is 49.1 Å². The van der Waals surface area contributed by atoms with Crippen molar-refractivity contribution in [3.05, 3.63) is 29.6 Å². The minimum Gasteiger partial charge on any atom is -0.399 e. The summed E-state index contributed by atoms with van der Waals surface area (Å²) in [5, 5.41) is 0. The number of aromatic nitrogens is 2. The fourth-order valence-corrected chi connectivity index (χ4v) is 3.05. The Balaban J connectivity index is 2.24. The molecule has 1 aromatic heterocycles. The predicted molar refractivity (Wildman–Crippen MR) is 64.4 cm³/mol. The first-order chi connectivity index (χ1) is 7.13. The van der Waals surface area contributed by atoms with Gasteiger partial charge in [0.15, 0.2) is 4.34 Å². The van der Waals surface area contributed by atoms with Crippen LogP contribution >= 0.6 is 23.3 Å². The summed E-state index contributed by atoms with van der Waals surface area (Å²) in [7, 11) is 0. The van der Waals surface area contributed by atoms with E-state index in [1.165, 1.54) is 17.1 Å². The molecule has 0 aliphatic rings. The lowest BCUT2D eigenvalue weighted by molar-refractivity contribution is 1.10. The molecule has 2 aromatic rings. The molecule has 0 aliphatic heterocycles. The number of benzene rings is 1. The molecule has 1 heterocycles. The van der Waals surface area contributed by atoms with Crippen LogP contribution in [0.1, 0.15) is 11.4 Å². The summed E-state index contributed by atoms with van der Waals surface area (Å²) in [5.41, 5.74) is 7.73. The largest absolute Gasteiger partial charge is 0.399 e. The van der Waals surface area contributed by atoms with E-state index < -0.39 is 0 Å². The van der Waals surface area contributed by atoms with E-state index in [4.69, 9.17) is 5.73 Å². The zero-order chi connectivity index (χ0) is 10.8. The summed E-state index contributed by atoms with van der Waals surface area (Å²) in [6.45, 7) is 3.93. The normalized spacial score (nSPS) is 10.5. The van der Waals surface area contributed by atoms with Gasteiger partial charge in [-0.2, -0.15) is 4.37 Å². The van der Waals surface area contributed by atoms with Gasteiger partial charge in [-0.1, -0.05) is 11.8 Å². The molecule has 5 heteroatoms. The number of aryl methyl sites for hydroxylation is 2. The minimum absolute atomic E-state index is 0.790. The molecule has 0 saturated carbocycles. The zero-order valence-corrected chi connectivity index (χ0v) is 10.2. The summed E-state index contributed by atoms with van der Waals surface area (Å²) < 4.78 is 5.09. The van der Waals surface area contributed by atoms with E-state index >= 15 is 0 Å². The molecule has 0 bridgehead atoms. The Bertz CT molecular complexity index is 459. The standard InChI is InChI=1S/C10H11N3S2/c1-6-3-8(11)5-9(4-6)14-10-12-7(2)13-15-10/h3-5H,11H2,1-2H3. The van der Waals surface area contributed by atoms with E-state index in [0.29, 0.717) is 0 Å². The van der Waals surface area contributed by atoms with Crippen LogP contribution in [-0.4, -0.2) is 9.36 Å². The monoisotopic (exact) mass is 237 g/mol. The van der Waals surface area contributed by atoms with Crippen molar-refractivity contribution < 1.29 is 0 Å². The maximum atomic E-state index is 5.77. The topological polar surface area (TPSA) is 51.8 Å². The van der Waals surface area contributed by atoms with Gasteiger partial charge in [0, 0.05) is 10.6 Å². The molecule has 0 amide bonds. The van der Waals surface area contributed by atoms with Crippen LogP contribution in [0.3, 0.4) is 0 Å². The van der Waals surface area contributed by atoms with Crippen molar-refractivity contribution in [3.63, 3.8) is 0 Å². The average molecular weight is 237 g/mol. The van der Waals surface area contributed by atoms with E-state index in [1.54, 1.807) is 11.8 Å². The van der Waals surface area contributed by atoms with E-state index in [0.717, 1.165) is 20.7 Å². The lowest BCUT2D eigenvalue weighted by atomic mass is 10.2. The molecule has 0 aliphatic carbocycles. The molecule has 15 heavy (non-hydrogen) atoms. The number of nitrogen functional groups attached to an aromatic ring is 1. The van der Waals surface area contributed by atoms with Crippen molar-refractivity contribution in [1.29, 1.82) is 0 Å². The van der Waals surface area contributed by atoms with Gasteiger partial charge in [0.2, 0.25) is 0 Å². The van der Waals surface area contributed by atoms with Crippen LogP contribution in [0, 0.1) is 13.8 Å². The van der Waals surface area contributed by atoms with Gasteiger partial charge in [0.05, 0.1) is 0 Å². The third kappa shape index (κ3) is 2.70. The highest BCUT2D eigenvalue weighted by Gasteiger charge is 2.04. The van der Waals surface area contributed by atoms with Crippen molar-refractivity contribution in [3.8, 4) is 0 Å². The van der Waals surface area contributed by atoms with Gasteiger partial charge in [0.1, 0.15) is 5.82 Å². The quantitative estimate of drug-likeness (QED) is 0.816. The summed E-state index contributed by atoms with van der Waals surface area (Å²) in [4.78, 5) is 5.41. The molecule has 1 aromatic carbocycles. The fraction of sp³-hybridized carbons (Fsp3) is 0.200. The average Bonchev–Trinajstić information content (AvgIpc) is 2.49. The SMILES string of the molecule is Cc1cc(N)cc(Sc2nc(C)ns2)c1. The predicted octanol–water partition coefficient (Wildman–Crippen LogP) is 2.89. The van der Waals surface area contributed by atoms with Crippen LogP contribution < -0.4 is 5.73 Å². The van der Waals surface area contributed by atoms with Gasteiger partial charge < -0.3 is 5.73 Å². The zero-order valence-electron chi connectivity index (χ0n) is 8.52. The third-order valence-electron chi connectivity index (χ3n) is 1.79. The molecule has 78 valence electrons. The molecule has 2 N–H and O–H groups in total. The van der Waals surface area contributed by atoms with Crippen LogP contribution in [-0.2, 0) is 0 Å². The van der Waals surface area contributed by atoms with Crippen LogP contribution in [0.4, 0.5) is 5.69 Å². The van der Waals surface area contributed by atoms with Crippen molar-refractivity contribution in [2.75, 3.05) is 5.73 Å². The molecule has 0 saturated heterocycles. The van der Waals surface area contributed by atoms with Crippen LogP contribution in [0.5, 0.6) is 0 Å². The van der Waals surface area contributed by atoms with Gasteiger partial charge >= 0.3 is 0 Å². The highest BCUT2D eigenvalue weighted by atomic mass is 32.2. The Kier molecular flexibility index (Phi) is 2.93. The maximum Gasteiger partial charge on any atom is 0.174 e. The number of nitrogens with two attached hydrogens (primary N) is 1. The number of hydrogen-bond donors (Lipinski definition) is 1. The molecular formula is C10H11N3S2. The van der Waals surface area contributed by atoms with Gasteiger partial charge in [0.25, 0.3) is 0 Å². The first-order valence-corrected chi connectivity index (χ1v) is 6.08. The summed E-state index contributed by atoms with van der Waals surface area (Å²) in [6, 6.07) is 6.00. The first kappa shape index (κ1) is 10.4. The van der Waals surface area contributed by atoms with Crippen molar-refractivity contribution in [2.45, 2.75) is 23.1 Å². The molecule has 2 rings (SSSR count). The summed E-state index contributed by atoms with van der Waals surface area (Å²) in [6.07, 6.45) is 0. The second-order valence-electron chi connectivity index (χ2n) is 3.29. The second-order valence-corrected chi connectivity index (χ2v) is 5.36. The Morgan fingerprint density at radius 3 is 2.67 bits per heavy atom. The van der Waals surface area contributed by atoms with Crippen molar-refractivity contribution in [2.24, 2.45) is 0 Å². The third-order valence-corrected chi connectivity index (χ3v) is 3.60. The molecule has 0 fully saturated rings. The number of nitrogens with zero attached hydrogens (tertiary/aromatic N) is 2. The Morgan fingerprint density at radius 1 is 1.27 bits per heavy atom. The van der Waals surface area contributed by atoms with Gasteiger partial charge in [-0.25, -0.2) is 4.98 Å². The molecular weight excluding hydrogens is 226 g/mol. The Morgan fingerprint density at radius 2 is 2.07 bits per heavy atom. The van der Waals surface area contributed by atoms with Crippen molar-refractivity contribution >= 4 is 29.0 Å². The first-order valence-electron chi connectivity index (χ1n) is 4.49. The van der Waals surface area contributed by atoms with Crippen molar-refractivity contribution in [1.82, 2.24) is 9.36 Å². The van der Waals surface area contributed by atoms with Gasteiger partial charge in [-0.15, -0.1) is 0 Å². The van der Waals surface area contributed by atoms with E-state index in [2.05, 4.69) is 15.4 Å². The van der Waals surface area contributed by atoms with E-state index in [-0.39, 0.29) is 0 Å².